The number of ether oxygens (including phenoxy) is 1. The summed E-state index contributed by atoms with van der Waals surface area (Å²) in [5.74, 6) is -0.277. The van der Waals surface area contributed by atoms with Crippen molar-refractivity contribution in [3.8, 4) is 0 Å². The predicted octanol–water partition coefficient (Wildman–Crippen LogP) is -1.01. The number of nitrogens with one attached hydrogen (secondary N) is 1. The highest BCUT2D eigenvalue weighted by Gasteiger charge is 2.30. The molecular formula is C11H15N3O4. The van der Waals surface area contributed by atoms with Gasteiger partial charge in [0.25, 0.3) is 11.5 Å². The van der Waals surface area contributed by atoms with E-state index in [0.717, 1.165) is 6.20 Å². The SMILES string of the molecule is CC1COC(CO)CN1C(=O)c1c[nH]c(=O)cn1. The van der Waals surface area contributed by atoms with Crippen LogP contribution in [0.5, 0.6) is 0 Å². The zero-order valence-corrected chi connectivity index (χ0v) is 10.00. The van der Waals surface area contributed by atoms with Gasteiger partial charge in [-0.1, -0.05) is 0 Å². The van der Waals surface area contributed by atoms with E-state index in [2.05, 4.69) is 9.97 Å². The van der Waals surface area contributed by atoms with Crippen LogP contribution in [0.4, 0.5) is 0 Å². The van der Waals surface area contributed by atoms with Crippen molar-refractivity contribution in [1.29, 1.82) is 0 Å². The smallest absolute Gasteiger partial charge is 0.274 e. The minimum absolute atomic E-state index is 0.0889. The fourth-order valence-corrected chi connectivity index (χ4v) is 1.82. The van der Waals surface area contributed by atoms with Crippen LogP contribution in [0.1, 0.15) is 17.4 Å². The molecule has 98 valence electrons. The molecule has 0 saturated carbocycles. The number of hydrogen-bond acceptors (Lipinski definition) is 5. The number of morpholine rings is 1. The van der Waals surface area contributed by atoms with Gasteiger partial charge < -0.3 is 19.7 Å². The molecule has 1 amide bonds. The normalized spacial score (nSPS) is 24.0. The number of carbonyl (C=O) groups excluding carboxylic acids is 1. The minimum Gasteiger partial charge on any atom is -0.394 e. The number of rotatable bonds is 2. The molecule has 1 aliphatic rings. The molecule has 7 heteroatoms. The van der Waals surface area contributed by atoms with Crippen molar-refractivity contribution in [1.82, 2.24) is 14.9 Å². The van der Waals surface area contributed by atoms with Gasteiger partial charge in [-0.05, 0) is 6.92 Å². The lowest BCUT2D eigenvalue weighted by Gasteiger charge is -2.37. The molecule has 2 rings (SSSR count). The number of nitrogens with zero attached hydrogens (tertiary/aromatic N) is 2. The van der Waals surface area contributed by atoms with E-state index in [1.807, 2.05) is 6.92 Å². The van der Waals surface area contributed by atoms with Gasteiger partial charge in [-0.2, -0.15) is 0 Å². The van der Waals surface area contributed by atoms with E-state index in [0.29, 0.717) is 13.2 Å². The van der Waals surface area contributed by atoms with Gasteiger partial charge in [0.2, 0.25) is 0 Å². The molecule has 1 aromatic rings. The van der Waals surface area contributed by atoms with Crippen molar-refractivity contribution in [3.63, 3.8) is 0 Å². The second-order valence-corrected chi connectivity index (χ2v) is 4.24. The largest absolute Gasteiger partial charge is 0.394 e. The Morgan fingerprint density at radius 2 is 2.50 bits per heavy atom. The molecular weight excluding hydrogens is 238 g/mol. The zero-order chi connectivity index (χ0) is 13.1. The Morgan fingerprint density at radius 1 is 1.72 bits per heavy atom. The molecule has 1 saturated heterocycles. The Hall–Kier alpha value is -1.73. The lowest BCUT2D eigenvalue weighted by molar-refractivity contribution is -0.0668. The summed E-state index contributed by atoms with van der Waals surface area (Å²) in [5, 5.41) is 9.06. The van der Waals surface area contributed by atoms with Crippen LogP contribution in [0, 0.1) is 0 Å². The highest BCUT2D eigenvalue weighted by atomic mass is 16.5. The highest BCUT2D eigenvalue weighted by molar-refractivity contribution is 5.92. The molecule has 1 aromatic heterocycles. The van der Waals surface area contributed by atoms with Crippen LogP contribution < -0.4 is 5.56 Å². The van der Waals surface area contributed by atoms with Crippen molar-refractivity contribution in [2.75, 3.05) is 19.8 Å². The minimum atomic E-state index is -0.368. The monoisotopic (exact) mass is 253 g/mol. The lowest BCUT2D eigenvalue weighted by Crippen LogP contribution is -2.52. The molecule has 2 heterocycles. The fourth-order valence-electron chi connectivity index (χ4n) is 1.82. The summed E-state index contributed by atoms with van der Waals surface area (Å²) in [6.07, 6.45) is 2.00. The summed E-state index contributed by atoms with van der Waals surface area (Å²) in [6, 6.07) is -0.0889. The molecule has 0 radical (unpaired) electrons. The highest BCUT2D eigenvalue weighted by Crippen LogP contribution is 2.13. The molecule has 0 bridgehead atoms. The first kappa shape index (κ1) is 12.7. The third-order valence-electron chi connectivity index (χ3n) is 2.86. The predicted molar refractivity (Wildman–Crippen MR) is 62.2 cm³/mol. The molecule has 2 unspecified atom stereocenters. The molecule has 0 aliphatic carbocycles. The Kier molecular flexibility index (Phi) is 3.73. The molecule has 0 aromatic carbocycles. The summed E-state index contributed by atoms with van der Waals surface area (Å²) >= 11 is 0. The quantitative estimate of drug-likeness (QED) is 0.704. The summed E-state index contributed by atoms with van der Waals surface area (Å²) in [7, 11) is 0. The maximum atomic E-state index is 12.2. The van der Waals surface area contributed by atoms with Gasteiger partial charge in [0.15, 0.2) is 0 Å². The number of amides is 1. The molecule has 18 heavy (non-hydrogen) atoms. The molecule has 0 spiro atoms. The number of carbonyl (C=O) groups is 1. The van der Waals surface area contributed by atoms with E-state index >= 15 is 0 Å². The molecule has 7 nitrogen and oxygen atoms in total. The van der Waals surface area contributed by atoms with Crippen molar-refractivity contribution in [3.05, 3.63) is 28.4 Å². The van der Waals surface area contributed by atoms with Crippen LogP contribution in [0.25, 0.3) is 0 Å². The topological polar surface area (TPSA) is 95.5 Å². The van der Waals surface area contributed by atoms with E-state index in [1.165, 1.54) is 6.20 Å². The van der Waals surface area contributed by atoms with Crippen LogP contribution in [0.15, 0.2) is 17.2 Å². The number of aliphatic hydroxyl groups excluding tert-OH is 1. The Bertz CT molecular complexity index is 467. The van der Waals surface area contributed by atoms with Gasteiger partial charge in [-0.25, -0.2) is 4.98 Å². The van der Waals surface area contributed by atoms with Gasteiger partial charge in [-0.15, -0.1) is 0 Å². The summed E-state index contributed by atoms with van der Waals surface area (Å²) in [5.41, 5.74) is -0.171. The number of hydrogen-bond donors (Lipinski definition) is 2. The Labute approximate surface area is 103 Å². The Balaban J connectivity index is 2.16. The van der Waals surface area contributed by atoms with E-state index in [-0.39, 0.29) is 35.9 Å². The lowest BCUT2D eigenvalue weighted by atomic mass is 10.2. The third kappa shape index (κ3) is 2.57. The second-order valence-electron chi connectivity index (χ2n) is 4.24. The van der Waals surface area contributed by atoms with Crippen LogP contribution in [0.2, 0.25) is 0 Å². The second kappa shape index (κ2) is 5.28. The van der Waals surface area contributed by atoms with Gasteiger partial charge in [0.1, 0.15) is 5.69 Å². The first-order valence-electron chi connectivity index (χ1n) is 5.70. The number of aliphatic hydroxyl groups is 1. The number of aromatic amines is 1. The van der Waals surface area contributed by atoms with Crippen molar-refractivity contribution in [2.24, 2.45) is 0 Å². The van der Waals surface area contributed by atoms with Gasteiger partial charge in [0.05, 0.1) is 31.6 Å². The Morgan fingerprint density at radius 3 is 3.11 bits per heavy atom. The molecule has 1 fully saturated rings. The van der Waals surface area contributed by atoms with Crippen molar-refractivity contribution < 1.29 is 14.6 Å². The summed E-state index contributed by atoms with van der Waals surface area (Å²) in [4.78, 5) is 30.9. The molecule has 2 atom stereocenters. The molecule has 1 aliphatic heterocycles. The van der Waals surface area contributed by atoms with Crippen LogP contribution in [0.3, 0.4) is 0 Å². The fraction of sp³-hybridized carbons (Fsp3) is 0.545. The number of H-pyrrole nitrogens is 1. The van der Waals surface area contributed by atoms with E-state index in [9.17, 15) is 9.59 Å². The average Bonchev–Trinajstić information content (AvgIpc) is 2.39. The van der Waals surface area contributed by atoms with Crippen LogP contribution >= 0.6 is 0 Å². The van der Waals surface area contributed by atoms with Gasteiger partial charge in [-0.3, -0.25) is 9.59 Å². The first-order chi connectivity index (χ1) is 8.61. The van der Waals surface area contributed by atoms with Crippen LogP contribution in [-0.2, 0) is 4.74 Å². The zero-order valence-electron chi connectivity index (χ0n) is 10.00. The molecule has 2 N–H and O–H groups in total. The standard InChI is InChI=1S/C11H15N3O4/c1-7-6-18-8(5-15)4-14(7)11(17)9-2-13-10(16)3-12-9/h2-3,7-8,15H,4-6H2,1H3,(H,13,16). The van der Waals surface area contributed by atoms with Crippen LogP contribution in [-0.4, -0.2) is 57.8 Å². The van der Waals surface area contributed by atoms with E-state index in [4.69, 9.17) is 9.84 Å². The first-order valence-corrected chi connectivity index (χ1v) is 5.70. The maximum Gasteiger partial charge on any atom is 0.274 e. The average molecular weight is 253 g/mol. The summed E-state index contributed by atoms with van der Waals surface area (Å²) < 4.78 is 5.35. The summed E-state index contributed by atoms with van der Waals surface area (Å²) in [6.45, 7) is 2.42. The van der Waals surface area contributed by atoms with Gasteiger partial charge >= 0.3 is 0 Å². The van der Waals surface area contributed by atoms with Crippen molar-refractivity contribution in [2.45, 2.75) is 19.1 Å². The third-order valence-corrected chi connectivity index (χ3v) is 2.86. The number of aromatic nitrogens is 2. The maximum absolute atomic E-state index is 12.2. The van der Waals surface area contributed by atoms with E-state index < -0.39 is 0 Å². The van der Waals surface area contributed by atoms with E-state index in [1.54, 1.807) is 4.90 Å². The van der Waals surface area contributed by atoms with Gasteiger partial charge in [0, 0.05) is 12.7 Å². The van der Waals surface area contributed by atoms with Crippen molar-refractivity contribution >= 4 is 5.91 Å².